The van der Waals surface area contributed by atoms with Crippen molar-refractivity contribution >= 4 is 37.5 Å². The van der Waals surface area contributed by atoms with Crippen LogP contribution in [0.3, 0.4) is 0 Å². The van der Waals surface area contributed by atoms with E-state index in [-0.39, 0.29) is 0 Å². The Morgan fingerprint density at radius 2 is 2.19 bits per heavy atom. The van der Waals surface area contributed by atoms with Crippen molar-refractivity contribution in [2.24, 2.45) is 0 Å². The molecule has 16 heavy (non-hydrogen) atoms. The monoisotopic (exact) mass is 347 g/mol. The topological polar surface area (TPSA) is 21.3 Å². The molecule has 2 nitrogen and oxygen atoms in total. The molecule has 1 aliphatic heterocycles. The van der Waals surface area contributed by atoms with Gasteiger partial charge in [0.15, 0.2) is 0 Å². The Hall–Kier alpha value is -0.0600. The van der Waals surface area contributed by atoms with Crippen molar-refractivity contribution in [3.05, 3.63) is 27.1 Å². The van der Waals surface area contributed by atoms with Gasteiger partial charge in [0.2, 0.25) is 0 Å². The van der Waals surface area contributed by atoms with E-state index in [4.69, 9.17) is 4.74 Å². The third-order valence-corrected chi connectivity index (χ3v) is 3.91. The quantitative estimate of drug-likeness (QED) is 0.884. The van der Waals surface area contributed by atoms with Crippen molar-refractivity contribution in [2.45, 2.75) is 25.4 Å². The molecule has 1 unspecified atom stereocenters. The first kappa shape index (κ1) is 12.4. The van der Waals surface area contributed by atoms with Crippen molar-refractivity contribution in [3.8, 4) is 0 Å². The number of hydrogen-bond donors (Lipinski definition) is 1. The Bertz CT molecular complexity index is 351. The molecule has 1 atom stereocenters. The van der Waals surface area contributed by atoms with E-state index in [9.17, 15) is 0 Å². The van der Waals surface area contributed by atoms with E-state index >= 15 is 0 Å². The molecule has 0 aliphatic carbocycles. The van der Waals surface area contributed by atoms with Crippen LogP contribution in [0.15, 0.2) is 27.1 Å². The Labute approximate surface area is 113 Å². The number of halogens is 2. The van der Waals surface area contributed by atoms with E-state index in [1.54, 1.807) is 0 Å². The maximum absolute atomic E-state index is 5.68. The number of hydrogen-bond acceptors (Lipinski definition) is 2. The highest BCUT2D eigenvalue weighted by molar-refractivity contribution is 9.11. The minimum atomic E-state index is 0.361. The van der Waals surface area contributed by atoms with Crippen LogP contribution in [0.2, 0.25) is 0 Å². The number of rotatable bonds is 3. The normalized spacial score (nSPS) is 20.8. The lowest BCUT2D eigenvalue weighted by Crippen LogP contribution is -2.27. The summed E-state index contributed by atoms with van der Waals surface area (Å²) in [6, 6.07) is 6.13. The average Bonchev–Trinajstić information content (AvgIpc) is 2.32. The first-order valence-electron chi connectivity index (χ1n) is 5.56. The summed E-state index contributed by atoms with van der Waals surface area (Å²) < 4.78 is 7.86. The largest absolute Gasteiger partial charge is 0.381 e. The van der Waals surface area contributed by atoms with Gasteiger partial charge in [-0.1, -0.05) is 15.9 Å². The summed E-state index contributed by atoms with van der Waals surface area (Å²) in [4.78, 5) is 0. The predicted octanol–water partition coefficient (Wildman–Crippen LogP) is 4.19. The zero-order chi connectivity index (χ0) is 11.4. The fourth-order valence-electron chi connectivity index (χ4n) is 1.83. The Balaban J connectivity index is 1.90. The summed E-state index contributed by atoms with van der Waals surface area (Å²) in [6.45, 7) is 1.79. The van der Waals surface area contributed by atoms with Gasteiger partial charge in [-0.25, -0.2) is 0 Å². The molecule has 0 bridgehead atoms. The van der Waals surface area contributed by atoms with Crippen molar-refractivity contribution in [2.75, 3.05) is 18.5 Å². The fourth-order valence-corrected chi connectivity index (χ4v) is 2.57. The van der Waals surface area contributed by atoms with Crippen molar-refractivity contribution in [1.82, 2.24) is 0 Å². The number of ether oxygens (including phenoxy) is 1. The van der Waals surface area contributed by atoms with Gasteiger partial charge in [-0.2, -0.15) is 0 Å². The molecule has 1 aliphatic rings. The van der Waals surface area contributed by atoms with Gasteiger partial charge in [0.05, 0.1) is 6.10 Å². The number of anilines is 1. The zero-order valence-electron chi connectivity index (χ0n) is 9.01. The number of nitrogens with one attached hydrogen (secondary N) is 1. The van der Waals surface area contributed by atoms with Crippen LogP contribution in [0.4, 0.5) is 5.69 Å². The molecular formula is C12H15Br2NO. The van der Waals surface area contributed by atoms with Crippen LogP contribution in [-0.4, -0.2) is 19.3 Å². The summed E-state index contributed by atoms with van der Waals surface area (Å²) in [5, 5.41) is 3.42. The summed E-state index contributed by atoms with van der Waals surface area (Å²) in [7, 11) is 0. The van der Waals surface area contributed by atoms with Crippen LogP contribution >= 0.6 is 31.9 Å². The van der Waals surface area contributed by atoms with Gasteiger partial charge in [0.25, 0.3) is 0 Å². The summed E-state index contributed by atoms with van der Waals surface area (Å²) >= 11 is 7.00. The highest BCUT2D eigenvalue weighted by Crippen LogP contribution is 2.26. The molecule has 0 radical (unpaired) electrons. The van der Waals surface area contributed by atoms with Gasteiger partial charge in [-0.05, 0) is 53.4 Å². The lowest BCUT2D eigenvalue weighted by atomic mass is 10.1. The standard InChI is InChI=1S/C12H15Br2NO/c13-9-4-5-11(14)12(7-9)15-8-10-3-1-2-6-16-10/h4-5,7,10,15H,1-3,6,8H2. The molecule has 0 saturated carbocycles. The molecule has 0 amide bonds. The van der Waals surface area contributed by atoms with Crippen LogP contribution in [0.5, 0.6) is 0 Å². The maximum Gasteiger partial charge on any atom is 0.0747 e. The van der Waals surface area contributed by atoms with E-state index in [2.05, 4.69) is 43.2 Å². The Morgan fingerprint density at radius 1 is 1.31 bits per heavy atom. The lowest BCUT2D eigenvalue weighted by molar-refractivity contribution is 0.0247. The molecule has 1 saturated heterocycles. The third kappa shape index (κ3) is 3.47. The molecule has 1 heterocycles. The highest BCUT2D eigenvalue weighted by Gasteiger charge is 2.13. The first-order chi connectivity index (χ1) is 7.75. The average molecular weight is 349 g/mol. The molecular weight excluding hydrogens is 334 g/mol. The zero-order valence-corrected chi connectivity index (χ0v) is 12.2. The smallest absolute Gasteiger partial charge is 0.0747 e. The molecule has 4 heteroatoms. The van der Waals surface area contributed by atoms with Gasteiger partial charge >= 0.3 is 0 Å². The van der Waals surface area contributed by atoms with Crippen molar-refractivity contribution in [1.29, 1.82) is 0 Å². The van der Waals surface area contributed by atoms with E-state index in [0.717, 1.165) is 27.8 Å². The Kier molecular flexibility index (Phi) is 4.67. The molecule has 0 spiro atoms. The fraction of sp³-hybridized carbons (Fsp3) is 0.500. The molecule has 0 aromatic heterocycles. The van der Waals surface area contributed by atoms with Crippen molar-refractivity contribution in [3.63, 3.8) is 0 Å². The van der Waals surface area contributed by atoms with Gasteiger partial charge in [0.1, 0.15) is 0 Å². The van der Waals surface area contributed by atoms with Crippen LogP contribution < -0.4 is 5.32 Å². The van der Waals surface area contributed by atoms with Crippen LogP contribution in [0.25, 0.3) is 0 Å². The highest BCUT2D eigenvalue weighted by atomic mass is 79.9. The predicted molar refractivity (Wildman–Crippen MR) is 73.9 cm³/mol. The van der Waals surface area contributed by atoms with E-state index in [1.165, 1.54) is 19.3 Å². The second-order valence-electron chi connectivity index (χ2n) is 3.99. The van der Waals surface area contributed by atoms with E-state index < -0.39 is 0 Å². The number of benzene rings is 1. The van der Waals surface area contributed by atoms with Gasteiger partial charge < -0.3 is 10.1 Å². The first-order valence-corrected chi connectivity index (χ1v) is 7.15. The molecule has 88 valence electrons. The van der Waals surface area contributed by atoms with Crippen LogP contribution in [0.1, 0.15) is 19.3 Å². The minimum Gasteiger partial charge on any atom is -0.381 e. The van der Waals surface area contributed by atoms with Gasteiger partial charge in [-0.15, -0.1) is 0 Å². The van der Waals surface area contributed by atoms with Crippen LogP contribution in [-0.2, 0) is 4.74 Å². The Morgan fingerprint density at radius 3 is 2.94 bits per heavy atom. The second kappa shape index (κ2) is 6.03. The summed E-state index contributed by atoms with van der Waals surface area (Å²) in [6.07, 6.45) is 4.02. The minimum absolute atomic E-state index is 0.361. The maximum atomic E-state index is 5.68. The van der Waals surface area contributed by atoms with E-state index in [1.807, 2.05) is 12.1 Å². The van der Waals surface area contributed by atoms with Gasteiger partial charge in [-0.3, -0.25) is 0 Å². The van der Waals surface area contributed by atoms with Gasteiger partial charge in [0, 0.05) is 27.8 Å². The van der Waals surface area contributed by atoms with Crippen LogP contribution in [0, 0.1) is 0 Å². The molecule has 1 N–H and O–H groups in total. The second-order valence-corrected chi connectivity index (χ2v) is 5.76. The summed E-state index contributed by atoms with van der Waals surface area (Å²) in [5.41, 5.74) is 1.11. The third-order valence-electron chi connectivity index (χ3n) is 2.72. The SMILES string of the molecule is Brc1ccc(Br)c(NCC2CCCCO2)c1. The van der Waals surface area contributed by atoms with E-state index in [0.29, 0.717) is 6.10 Å². The summed E-state index contributed by atoms with van der Waals surface area (Å²) in [5.74, 6) is 0. The molecule has 1 fully saturated rings. The lowest BCUT2D eigenvalue weighted by Gasteiger charge is -2.23. The molecule has 1 aromatic carbocycles. The molecule has 1 aromatic rings. The van der Waals surface area contributed by atoms with Crippen molar-refractivity contribution < 1.29 is 4.74 Å². The molecule has 2 rings (SSSR count).